The first-order valence-corrected chi connectivity index (χ1v) is 6.43. The Balaban J connectivity index is 2.44. The lowest BCUT2D eigenvalue weighted by Gasteiger charge is -2.08. The van der Waals surface area contributed by atoms with Crippen LogP contribution in [0.4, 0.5) is 10.1 Å². The minimum Gasteiger partial charge on any atom is -0.450 e. The van der Waals surface area contributed by atoms with Crippen molar-refractivity contribution in [3.8, 4) is 11.5 Å². The van der Waals surface area contributed by atoms with E-state index in [0.29, 0.717) is 11.3 Å². The van der Waals surface area contributed by atoms with Gasteiger partial charge in [0.1, 0.15) is 11.6 Å². The maximum absolute atomic E-state index is 13.4. The smallest absolute Gasteiger partial charge is 0.314 e. The van der Waals surface area contributed by atoms with Crippen molar-refractivity contribution in [3.05, 3.63) is 61.5 Å². The van der Waals surface area contributed by atoms with E-state index in [9.17, 15) is 14.5 Å². The lowest BCUT2D eigenvalue weighted by Crippen LogP contribution is -1.96. The summed E-state index contributed by atoms with van der Waals surface area (Å²) < 4.78 is 19.8. The Morgan fingerprint density at radius 3 is 2.68 bits per heavy atom. The van der Waals surface area contributed by atoms with Gasteiger partial charge in [0, 0.05) is 3.57 Å². The summed E-state index contributed by atoms with van der Waals surface area (Å²) in [4.78, 5) is 10.2. The normalized spacial score (nSPS) is 10.3. The van der Waals surface area contributed by atoms with Crippen LogP contribution in [0.2, 0.25) is 0 Å². The number of ether oxygens (including phenoxy) is 1. The summed E-state index contributed by atoms with van der Waals surface area (Å²) in [6, 6.07) is 9.27. The molecule has 19 heavy (non-hydrogen) atoms. The number of hydrogen-bond acceptors (Lipinski definition) is 3. The van der Waals surface area contributed by atoms with Gasteiger partial charge in [0.2, 0.25) is 5.75 Å². The van der Waals surface area contributed by atoms with Crippen LogP contribution in [0.25, 0.3) is 0 Å². The van der Waals surface area contributed by atoms with Gasteiger partial charge in [-0.25, -0.2) is 4.39 Å². The summed E-state index contributed by atoms with van der Waals surface area (Å²) in [7, 11) is 0. The molecule has 0 spiro atoms. The Hall–Kier alpha value is -1.70. The molecule has 0 aromatic heterocycles. The first kappa shape index (κ1) is 13.7. The second kappa shape index (κ2) is 5.52. The second-order valence-corrected chi connectivity index (χ2v) is 5.13. The third-order valence-electron chi connectivity index (χ3n) is 2.46. The zero-order chi connectivity index (χ0) is 14.0. The predicted octanol–water partition coefficient (Wildman–Crippen LogP) is 4.44. The average molecular weight is 373 g/mol. The number of aryl methyl sites for hydroxylation is 1. The van der Waals surface area contributed by atoms with Gasteiger partial charge in [-0.3, -0.25) is 10.1 Å². The van der Waals surface area contributed by atoms with E-state index in [1.165, 1.54) is 13.0 Å². The van der Waals surface area contributed by atoms with Gasteiger partial charge in [0.05, 0.1) is 11.0 Å². The highest BCUT2D eigenvalue weighted by atomic mass is 127. The molecule has 2 rings (SSSR count). The number of hydrogen-bond donors (Lipinski definition) is 0. The molecule has 0 aliphatic rings. The Kier molecular flexibility index (Phi) is 3.98. The molecule has 0 fully saturated rings. The molecule has 4 nitrogen and oxygen atoms in total. The highest BCUT2D eigenvalue weighted by molar-refractivity contribution is 14.1. The molecule has 6 heteroatoms. The molecule has 0 saturated carbocycles. The minimum atomic E-state index is -0.661. The van der Waals surface area contributed by atoms with E-state index in [2.05, 4.69) is 22.6 Å². The SMILES string of the molecule is Cc1cc(Oc2cccc(I)c2)c([N+](=O)[O-])cc1F. The van der Waals surface area contributed by atoms with Gasteiger partial charge in [-0.15, -0.1) is 0 Å². The van der Waals surface area contributed by atoms with Crippen LogP contribution < -0.4 is 4.74 Å². The molecule has 2 aromatic carbocycles. The van der Waals surface area contributed by atoms with Crippen molar-refractivity contribution in [1.29, 1.82) is 0 Å². The zero-order valence-corrected chi connectivity index (χ0v) is 12.0. The molecule has 0 N–H and O–H groups in total. The minimum absolute atomic E-state index is 0.0332. The van der Waals surface area contributed by atoms with Crippen molar-refractivity contribution in [2.45, 2.75) is 6.92 Å². The van der Waals surface area contributed by atoms with Crippen LogP contribution in [0.5, 0.6) is 11.5 Å². The molecule has 0 bridgehead atoms. The van der Waals surface area contributed by atoms with E-state index < -0.39 is 10.7 Å². The van der Waals surface area contributed by atoms with Crippen molar-refractivity contribution in [1.82, 2.24) is 0 Å². The van der Waals surface area contributed by atoms with Gasteiger partial charge < -0.3 is 4.74 Å². The molecule has 0 aliphatic carbocycles. The molecule has 0 unspecified atom stereocenters. The molecule has 98 valence electrons. The number of nitro groups is 1. The van der Waals surface area contributed by atoms with E-state index in [1.54, 1.807) is 18.2 Å². The van der Waals surface area contributed by atoms with Crippen molar-refractivity contribution in [2.75, 3.05) is 0 Å². The van der Waals surface area contributed by atoms with Crippen LogP contribution in [0.1, 0.15) is 5.56 Å². The first-order valence-electron chi connectivity index (χ1n) is 5.35. The van der Waals surface area contributed by atoms with E-state index in [0.717, 1.165) is 9.64 Å². The van der Waals surface area contributed by atoms with Crippen molar-refractivity contribution in [3.63, 3.8) is 0 Å². The van der Waals surface area contributed by atoms with Gasteiger partial charge in [-0.2, -0.15) is 0 Å². The van der Waals surface area contributed by atoms with Crippen molar-refractivity contribution >= 4 is 28.3 Å². The van der Waals surface area contributed by atoms with Crippen LogP contribution in [0, 0.1) is 26.4 Å². The molecule has 0 aliphatic heterocycles. The van der Waals surface area contributed by atoms with Crippen molar-refractivity contribution in [2.24, 2.45) is 0 Å². The van der Waals surface area contributed by atoms with E-state index >= 15 is 0 Å². The number of halogens is 2. The summed E-state index contributed by atoms with van der Waals surface area (Å²) in [6.07, 6.45) is 0. The fourth-order valence-corrected chi connectivity index (χ4v) is 2.04. The Morgan fingerprint density at radius 1 is 1.32 bits per heavy atom. The maximum atomic E-state index is 13.4. The molecule has 0 amide bonds. The van der Waals surface area contributed by atoms with Crippen LogP contribution in [0.3, 0.4) is 0 Å². The van der Waals surface area contributed by atoms with E-state index in [1.807, 2.05) is 6.07 Å². The van der Waals surface area contributed by atoms with E-state index in [-0.39, 0.29) is 11.4 Å². The van der Waals surface area contributed by atoms with Crippen LogP contribution in [-0.4, -0.2) is 4.92 Å². The highest BCUT2D eigenvalue weighted by Gasteiger charge is 2.19. The van der Waals surface area contributed by atoms with Gasteiger partial charge in [-0.05, 0) is 59.3 Å². The van der Waals surface area contributed by atoms with Crippen LogP contribution in [-0.2, 0) is 0 Å². The Morgan fingerprint density at radius 2 is 2.05 bits per heavy atom. The first-order chi connectivity index (χ1) is 8.97. The Bertz CT molecular complexity index is 646. The van der Waals surface area contributed by atoms with Crippen LogP contribution in [0.15, 0.2) is 36.4 Å². The lowest BCUT2D eigenvalue weighted by atomic mass is 10.2. The van der Waals surface area contributed by atoms with Gasteiger partial charge in [0.25, 0.3) is 0 Å². The third kappa shape index (κ3) is 3.19. The average Bonchev–Trinajstić information content (AvgIpc) is 2.33. The molecule has 2 aromatic rings. The molecule has 0 radical (unpaired) electrons. The summed E-state index contributed by atoms with van der Waals surface area (Å²) >= 11 is 2.11. The monoisotopic (exact) mass is 373 g/mol. The number of benzene rings is 2. The summed E-state index contributed by atoms with van der Waals surface area (Å²) in [6.45, 7) is 1.53. The topological polar surface area (TPSA) is 52.4 Å². The van der Waals surface area contributed by atoms with Gasteiger partial charge in [0.15, 0.2) is 0 Å². The number of nitrogens with zero attached hydrogens (tertiary/aromatic N) is 1. The number of rotatable bonds is 3. The van der Waals surface area contributed by atoms with Crippen molar-refractivity contribution < 1.29 is 14.1 Å². The molecule has 0 saturated heterocycles. The van der Waals surface area contributed by atoms with Crippen LogP contribution >= 0.6 is 22.6 Å². The Labute approximate surface area is 122 Å². The predicted molar refractivity (Wildman–Crippen MR) is 77.0 cm³/mol. The maximum Gasteiger partial charge on any atom is 0.314 e. The third-order valence-corrected chi connectivity index (χ3v) is 3.13. The molecular weight excluding hydrogens is 364 g/mol. The van der Waals surface area contributed by atoms with E-state index in [4.69, 9.17) is 4.74 Å². The second-order valence-electron chi connectivity index (χ2n) is 3.89. The zero-order valence-electron chi connectivity index (χ0n) is 9.89. The molecule has 0 atom stereocenters. The quantitative estimate of drug-likeness (QED) is 0.454. The number of nitro benzene ring substituents is 1. The summed E-state index contributed by atoms with van der Waals surface area (Å²) in [5, 5.41) is 10.9. The molecular formula is C13H9FINO3. The fraction of sp³-hybridized carbons (Fsp3) is 0.0769. The standard InChI is InChI=1S/C13H9FINO3/c1-8-5-13(12(16(17)18)7-11(8)14)19-10-4-2-3-9(15)6-10/h2-7H,1H3. The summed E-state index contributed by atoms with van der Waals surface area (Å²) in [5.41, 5.74) is -0.0896. The fourth-order valence-electron chi connectivity index (χ4n) is 1.53. The van der Waals surface area contributed by atoms with Gasteiger partial charge in [-0.1, -0.05) is 6.07 Å². The lowest BCUT2D eigenvalue weighted by molar-refractivity contribution is -0.385. The highest BCUT2D eigenvalue weighted by Crippen LogP contribution is 2.33. The molecule has 0 heterocycles. The summed E-state index contributed by atoms with van der Waals surface area (Å²) in [5.74, 6) is -0.117. The van der Waals surface area contributed by atoms with Gasteiger partial charge >= 0.3 is 5.69 Å². The largest absolute Gasteiger partial charge is 0.450 e.